The number of morpholine rings is 1. The van der Waals surface area contributed by atoms with Crippen molar-refractivity contribution in [2.75, 3.05) is 40.4 Å². The molecule has 1 amide bonds. The van der Waals surface area contributed by atoms with Crippen molar-refractivity contribution in [3.8, 4) is 6.07 Å². The Morgan fingerprint density at radius 1 is 1.44 bits per heavy atom. The van der Waals surface area contributed by atoms with Gasteiger partial charge in [-0.15, -0.1) is 0 Å². The molecular formula is C19H27N3O3. The molecule has 1 heterocycles. The minimum Gasteiger partial charge on any atom is -0.369 e. The van der Waals surface area contributed by atoms with Gasteiger partial charge >= 0.3 is 0 Å². The number of carbonyl (C=O) groups is 1. The van der Waals surface area contributed by atoms with Crippen LogP contribution in [0.3, 0.4) is 0 Å². The summed E-state index contributed by atoms with van der Waals surface area (Å²) in [6.45, 7) is 6.72. The molecule has 0 saturated carbocycles. The van der Waals surface area contributed by atoms with E-state index >= 15 is 0 Å². The van der Waals surface area contributed by atoms with Gasteiger partial charge in [0.2, 0.25) is 5.91 Å². The van der Waals surface area contributed by atoms with Crippen molar-refractivity contribution >= 4 is 5.91 Å². The van der Waals surface area contributed by atoms with Gasteiger partial charge in [-0.2, -0.15) is 5.26 Å². The molecule has 0 aromatic heterocycles. The van der Waals surface area contributed by atoms with Gasteiger partial charge in [0, 0.05) is 33.7 Å². The molecule has 1 atom stereocenters. The Hall–Kier alpha value is -1.94. The fourth-order valence-corrected chi connectivity index (χ4v) is 3.04. The maximum absolute atomic E-state index is 11.6. The van der Waals surface area contributed by atoms with Crippen molar-refractivity contribution in [2.24, 2.45) is 0 Å². The van der Waals surface area contributed by atoms with E-state index in [0.29, 0.717) is 25.3 Å². The molecule has 1 aromatic rings. The van der Waals surface area contributed by atoms with Crippen molar-refractivity contribution in [1.29, 1.82) is 5.26 Å². The number of nitriles is 1. The monoisotopic (exact) mass is 345 g/mol. The Kier molecular flexibility index (Phi) is 6.54. The number of benzene rings is 1. The van der Waals surface area contributed by atoms with E-state index in [1.807, 2.05) is 38.1 Å². The van der Waals surface area contributed by atoms with Crippen LogP contribution in [-0.2, 0) is 20.8 Å². The second-order valence-electron chi connectivity index (χ2n) is 7.24. The number of hydrogen-bond donors (Lipinski definition) is 0. The molecule has 0 N–H and O–H groups in total. The lowest BCUT2D eigenvalue weighted by molar-refractivity contribution is -0.161. The van der Waals surface area contributed by atoms with E-state index in [0.717, 1.165) is 12.1 Å². The SMILES string of the molecule is CN(C)C(=O)COCC1CN(Cc2ccccc2C#N)CC(C)(C)O1. The summed E-state index contributed by atoms with van der Waals surface area (Å²) in [5.41, 5.74) is 1.42. The first-order chi connectivity index (χ1) is 11.8. The maximum Gasteiger partial charge on any atom is 0.248 e. The van der Waals surface area contributed by atoms with E-state index in [2.05, 4.69) is 11.0 Å². The molecule has 136 valence electrons. The zero-order valence-corrected chi connectivity index (χ0v) is 15.5. The van der Waals surface area contributed by atoms with E-state index in [-0.39, 0.29) is 24.2 Å². The van der Waals surface area contributed by atoms with Gasteiger partial charge in [0.05, 0.1) is 29.9 Å². The third-order valence-electron chi connectivity index (χ3n) is 4.11. The van der Waals surface area contributed by atoms with Crippen LogP contribution in [0.15, 0.2) is 24.3 Å². The first-order valence-corrected chi connectivity index (χ1v) is 8.47. The second kappa shape index (κ2) is 8.43. The molecule has 6 heteroatoms. The predicted octanol–water partition coefficient (Wildman–Crippen LogP) is 1.64. The highest BCUT2D eigenvalue weighted by molar-refractivity contribution is 5.76. The highest BCUT2D eigenvalue weighted by Crippen LogP contribution is 2.23. The van der Waals surface area contributed by atoms with Crippen LogP contribution in [0.5, 0.6) is 0 Å². The van der Waals surface area contributed by atoms with Crippen LogP contribution in [0, 0.1) is 11.3 Å². The van der Waals surface area contributed by atoms with Crippen molar-refractivity contribution in [1.82, 2.24) is 9.80 Å². The number of hydrogen-bond acceptors (Lipinski definition) is 5. The van der Waals surface area contributed by atoms with Crippen LogP contribution in [0.1, 0.15) is 25.0 Å². The molecule has 25 heavy (non-hydrogen) atoms. The molecule has 2 rings (SSSR count). The lowest BCUT2D eigenvalue weighted by Crippen LogP contribution is -2.53. The lowest BCUT2D eigenvalue weighted by Gasteiger charge is -2.42. The van der Waals surface area contributed by atoms with Gasteiger partial charge in [-0.1, -0.05) is 18.2 Å². The molecule has 0 aliphatic carbocycles. The van der Waals surface area contributed by atoms with Crippen LogP contribution in [0.4, 0.5) is 0 Å². The van der Waals surface area contributed by atoms with E-state index in [9.17, 15) is 10.1 Å². The van der Waals surface area contributed by atoms with E-state index in [1.165, 1.54) is 4.90 Å². The fourth-order valence-electron chi connectivity index (χ4n) is 3.04. The first-order valence-electron chi connectivity index (χ1n) is 8.47. The summed E-state index contributed by atoms with van der Waals surface area (Å²) < 4.78 is 11.6. The fraction of sp³-hybridized carbons (Fsp3) is 0.579. The molecule has 1 unspecified atom stereocenters. The quantitative estimate of drug-likeness (QED) is 0.784. The Balaban J connectivity index is 1.96. The summed E-state index contributed by atoms with van der Waals surface area (Å²) in [4.78, 5) is 15.4. The molecule has 1 aromatic carbocycles. The molecule has 1 saturated heterocycles. The highest BCUT2D eigenvalue weighted by Gasteiger charge is 2.33. The number of amides is 1. The summed E-state index contributed by atoms with van der Waals surface area (Å²) >= 11 is 0. The van der Waals surface area contributed by atoms with Crippen molar-refractivity contribution in [3.63, 3.8) is 0 Å². The van der Waals surface area contributed by atoms with Gasteiger partial charge in [0.15, 0.2) is 0 Å². The Bertz CT molecular complexity index is 637. The molecule has 6 nitrogen and oxygen atoms in total. The maximum atomic E-state index is 11.6. The van der Waals surface area contributed by atoms with E-state index < -0.39 is 0 Å². The van der Waals surface area contributed by atoms with Gasteiger partial charge < -0.3 is 14.4 Å². The Morgan fingerprint density at radius 2 is 2.16 bits per heavy atom. The summed E-state index contributed by atoms with van der Waals surface area (Å²) in [5.74, 6) is -0.0603. The van der Waals surface area contributed by atoms with Crippen LogP contribution in [-0.4, -0.2) is 67.8 Å². The number of likely N-dealkylation sites (N-methyl/N-ethyl adjacent to an activating group) is 1. The molecular weight excluding hydrogens is 318 g/mol. The predicted molar refractivity (Wildman–Crippen MR) is 94.9 cm³/mol. The minimum absolute atomic E-state index is 0.0601. The van der Waals surface area contributed by atoms with Crippen molar-refractivity contribution < 1.29 is 14.3 Å². The molecule has 1 fully saturated rings. The third kappa shape index (κ3) is 5.82. The smallest absolute Gasteiger partial charge is 0.248 e. The van der Waals surface area contributed by atoms with Crippen LogP contribution < -0.4 is 0 Å². The molecule has 1 aliphatic rings. The molecule has 0 spiro atoms. The van der Waals surface area contributed by atoms with Crippen LogP contribution in [0.25, 0.3) is 0 Å². The lowest BCUT2D eigenvalue weighted by atomic mass is 10.0. The van der Waals surface area contributed by atoms with Crippen molar-refractivity contribution in [3.05, 3.63) is 35.4 Å². The minimum atomic E-state index is -0.306. The van der Waals surface area contributed by atoms with Gasteiger partial charge in [-0.3, -0.25) is 9.69 Å². The largest absolute Gasteiger partial charge is 0.369 e. The summed E-state index contributed by atoms with van der Waals surface area (Å²) in [6, 6.07) is 9.91. The zero-order chi connectivity index (χ0) is 18.4. The number of rotatable bonds is 6. The average Bonchev–Trinajstić information content (AvgIpc) is 2.53. The molecule has 1 aliphatic heterocycles. The average molecular weight is 345 g/mol. The standard InChI is InChI=1S/C19H27N3O3/c1-19(2)14-22(10-16-8-6-5-7-15(16)9-20)11-17(25-19)12-24-13-18(23)21(3)4/h5-8,17H,10-14H2,1-4H3. The molecule has 0 bridgehead atoms. The van der Waals surface area contributed by atoms with Crippen LogP contribution >= 0.6 is 0 Å². The number of nitrogens with zero attached hydrogens (tertiary/aromatic N) is 3. The second-order valence-corrected chi connectivity index (χ2v) is 7.24. The third-order valence-corrected chi connectivity index (χ3v) is 4.11. The van der Waals surface area contributed by atoms with Gasteiger partial charge in [0.25, 0.3) is 0 Å². The zero-order valence-electron chi connectivity index (χ0n) is 15.5. The van der Waals surface area contributed by atoms with Gasteiger partial charge in [-0.25, -0.2) is 0 Å². The summed E-state index contributed by atoms with van der Waals surface area (Å²) in [7, 11) is 3.42. The summed E-state index contributed by atoms with van der Waals surface area (Å²) in [5, 5.41) is 9.27. The normalized spacial score (nSPS) is 20.0. The van der Waals surface area contributed by atoms with Gasteiger partial charge in [0.1, 0.15) is 6.61 Å². The molecule has 0 radical (unpaired) electrons. The topological polar surface area (TPSA) is 65.8 Å². The van der Waals surface area contributed by atoms with Crippen molar-refractivity contribution in [2.45, 2.75) is 32.1 Å². The number of carbonyl (C=O) groups excluding carboxylic acids is 1. The Labute approximate surface area is 149 Å². The number of ether oxygens (including phenoxy) is 2. The van der Waals surface area contributed by atoms with E-state index in [1.54, 1.807) is 14.1 Å². The highest BCUT2D eigenvalue weighted by atomic mass is 16.5. The van der Waals surface area contributed by atoms with Crippen LogP contribution in [0.2, 0.25) is 0 Å². The van der Waals surface area contributed by atoms with Gasteiger partial charge in [-0.05, 0) is 25.5 Å². The summed E-state index contributed by atoms with van der Waals surface area (Å²) in [6.07, 6.45) is -0.104. The Morgan fingerprint density at radius 3 is 2.84 bits per heavy atom. The van der Waals surface area contributed by atoms with E-state index in [4.69, 9.17) is 9.47 Å². The first kappa shape index (κ1) is 19.4.